The van der Waals surface area contributed by atoms with Gasteiger partial charge in [-0.25, -0.2) is 4.98 Å². The first-order valence-corrected chi connectivity index (χ1v) is 8.70. The van der Waals surface area contributed by atoms with Crippen LogP contribution in [0.15, 0.2) is 36.8 Å². The zero-order valence-electron chi connectivity index (χ0n) is 14.7. The monoisotopic (exact) mass is 343 g/mol. The lowest BCUT2D eigenvalue weighted by Crippen LogP contribution is -2.45. The number of nitrogens with one attached hydrogen (secondary N) is 1. The van der Waals surface area contributed by atoms with Crippen molar-refractivity contribution in [2.75, 3.05) is 6.54 Å². The molecule has 2 aromatic rings. The smallest absolute Gasteiger partial charge is 0.271 e. The molecule has 1 saturated carbocycles. The molecule has 3 atom stereocenters. The van der Waals surface area contributed by atoms with Crippen LogP contribution < -0.4 is 10.1 Å². The molecule has 0 spiro atoms. The molecular weight excluding hydrogens is 318 g/mol. The number of rotatable bonds is 5. The number of nitrogens with zero attached hydrogens (tertiary/aromatic N) is 2. The van der Waals surface area contributed by atoms with Gasteiger partial charge in [0.05, 0.1) is 12.4 Å². The highest BCUT2D eigenvalue weighted by Crippen LogP contribution is 2.28. The van der Waals surface area contributed by atoms with E-state index >= 15 is 0 Å². The molecule has 1 amide bonds. The van der Waals surface area contributed by atoms with E-state index < -0.39 is 6.10 Å². The quantitative estimate of drug-likeness (QED) is 0.871. The van der Waals surface area contributed by atoms with E-state index in [0.29, 0.717) is 12.2 Å². The predicted octanol–water partition coefficient (Wildman–Crippen LogP) is 2.07. The summed E-state index contributed by atoms with van der Waals surface area (Å²) in [7, 11) is 1.82. The van der Waals surface area contributed by atoms with Gasteiger partial charge in [0, 0.05) is 25.7 Å². The van der Waals surface area contributed by atoms with Gasteiger partial charge in [-0.2, -0.15) is 0 Å². The Balaban J connectivity index is 1.56. The summed E-state index contributed by atoms with van der Waals surface area (Å²) >= 11 is 0. The molecule has 6 heteroatoms. The number of amides is 1. The molecule has 1 aromatic carbocycles. The second kappa shape index (κ2) is 7.70. The number of benzene rings is 1. The van der Waals surface area contributed by atoms with Gasteiger partial charge in [0.2, 0.25) is 0 Å². The second-order valence-corrected chi connectivity index (χ2v) is 6.79. The maximum absolute atomic E-state index is 12.1. The Kier molecular flexibility index (Phi) is 5.38. The van der Waals surface area contributed by atoms with Gasteiger partial charge < -0.3 is 19.7 Å². The van der Waals surface area contributed by atoms with E-state index in [1.807, 2.05) is 38.2 Å². The summed E-state index contributed by atoms with van der Waals surface area (Å²) in [5.74, 6) is 0.549. The lowest BCUT2D eigenvalue weighted by Gasteiger charge is -2.35. The van der Waals surface area contributed by atoms with Gasteiger partial charge in [-0.05, 0) is 43.9 Å². The van der Waals surface area contributed by atoms with Crippen molar-refractivity contribution in [3.63, 3.8) is 0 Å². The Morgan fingerprint density at radius 3 is 3.00 bits per heavy atom. The van der Waals surface area contributed by atoms with Crippen molar-refractivity contribution in [2.45, 2.75) is 38.4 Å². The van der Waals surface area contributed by atoms with Crippen molar-refractivity contribution in [3.8, 4) is 5.75 Å². The molecule has 0 bridgehead atoms. The first-order valence-electron chi connectivity index (χ1n) is 8.70. The number of aromatic nitrogens is 2. The molecule has 6 nitrogen and oxygen atoms in total. The van der Waals surface area contributed by atoms with Crippen LogP contribution in [0.2, 0.25) is 0 Å². The SMILES string of the molecule is Cc1cccc(O[C@@H]2CCC[C@H](CNC(=O)c3cn(C)cn3)[C@H]2O)c1. The average Bonchev–Trinajstić information content (AvgIpc) is 3.02. The van der Waals surface area contributed by atoms with Gasteiger partial charge in [-0.15, -0.1) is 0 Å². The van der Waals surface area contributed by atoms with Crippen molar-refractivity contribution < 1.29 is 14.6 Å². The van der Waals surface area contributed by atoms with Gasteiger partial charge in [0.15, 0.2) is 0 Å². The van der Waals surface area contributed by atoms with E-state index in [-0.39, 0.29) is 17.9 Å². The Morgan fingerprint density at radius 2 is 2.28 bits per heavy atom. The summed E-state index contributed by atoms with van der Waals surface area (Å²) in [5.41, 5.74) is 1.52. The Morgan fingerprint density at radius 1 is 1.44 bits per heavy atom. The molecule has 3 rings (SSSR count). The minimum Gasteiger partial charge on any atom is -0.488 e. The highest BCUT2D eigenvalue weighted by atomic mass is 16.5. The van der Waals surface area contributed by atoms with E-state index in [1.165, 1.54) is 0 Å². The van der Waals surface area contributed by atoms with E-state index in [9.17, 15) is 9.90 Å². The number of carbonyl (C=O) groups excluding carboxylic acids is 1. The average molecular weight is 343 g/mol. The molecule has 1 aliphatic rings. The highest BCUT2D eigenvalue weighted by molar-refractivity contribution is 5.91. The summed E-state index contributed by atoms with van der Waals surface area (Å²) in [6, 6.07) is 7.84. The molecule has 1 aromatic heterocycles. The summed E-state index contributed by atoms with van der Waals surface area (Å²) in [6.07, 6.45) is 5.09. The van der Waals surface area contributed by atoms with Crippen LogP contribution in [0.5, 0.6) is 5.75 Å². The van der Waals surface area contributed by atoms with Crippen LogP contribution in [0.4, 0.5) is 0 Å². The third-order valence-corrected chi connectivity index (χ3v) is 4.67. The highest BCUT2D eigenvalue weighted by Gasteiger charge is 2.33. The number of aliphatic hydroxyl groups excluding tert-OH is 1. The van der Waals surface area contributed by atoms with Crippen LogP contribution in [-0.4, -0.2) is 39.3 Å². The first kappa shape index (κ1) is 17.5. The standard InChI is InChI=1S/C19H25N3O3/c1-13-5-3-7-15(9-13)25-17-8-4-6-14(18(17)23)10-20-19(24)16-11-22(2)12-21-16/h3,5,7,9,11-12,14,17-18,23H,4,6,8,10H2,1-2H3,(H,20,24)/t14-,17-,18-/m1/s1. The number of hydrogen-bond donors (Lipinski definition) is 2. The summed E-state index contributed by atoms with van der Waals surface area (Å²) in [6.45, 7) is 2.43. The topological polar surface area (TPSA) is 76.4 Å². The molecule has 0 unspecified atom stereocenters. The van der Waals surface area contributed by atoms with Crippen molar-refractivity contribution in [3.05, 3.63) is 48.0 Å². The van der Waals surface area contributed by atoms with Crippen molar-refractivity contribution in [1.82, 2.24) is 14.9 Å². The maximum atomic E-state index is 12.1. The number of aryl methyl sites for hydroxylation is 2. The lowest BCUT2D eigenvalue weighted by molar-refractivity contribution is -0.0301. The zero-order chi connectivity index (χ0) is 17.8. The summed E-state index contributed by atoms with van der Waals surface area (Å²) in [4.78, 5) is 16.2. The van der Waals surface area contributed by atoms with Crippen molar-refractivity contribution in [2.24, 2.45) is 13.0 Å². The fraction of sp³-hybridized carbons (Fsp3) is 0.474. The molecular formula is C19H25N3O3. The van der Waals surface area contributed by atoms with Gasteiger partial charge >= 0.3 is 0 Å². The fourth-order valence-electron chi connectivity index (χ4n) is 3.29. The molecule has 1 heterocycles. The van der Waals surface area contributed by atoms with Crippen molar-refractivity contribution >= 4 is 5.91 Å². The Labute approximate surface area is 147 Å². The van der Waals surface area contributed by atoms with Gasteiger partial charge in [-0.1, -0.05) is 12.1 Å². The van der Waals surface area contributed by atoms with Gasteiger partial charge in [0.25, 0.3) is 5.91 Å². The minimum atomic E-state index is -0.599. The van der Waals surface area contributed by atoms with Crippen LogP contribution in [0.25, 0.3) is 0 Å². The first-order chi connectivity index (χ1) is 12.0. The molecule has 0 saturated heterocycles. The largest absolute Gasteiger partial charge is 0.488 e. The van der Waals surface area contributed by atoms with Crippen LogP contribution in [0.1, 0.15) is 35.3 Å². The van der Waals surface area contributed by atoms with E-state index in [0.717, 1.165) is 30.6 Å². The Bertz CT molecular complexity index is 728. The fourth-order valence-corrected chi connectivity index (χ4v) is 3.29. The van der Waals surface area contributed by atoms with Crippen LogP contribution in [-0.2, 0) is 7.05 Å². The molecule has 134 valence electrons. The van der Waals surface area contributed by atoms with Crippen molar-refractivity contribution in [1.29, 1.82) is 0 Å². The molecule has 1 fully saturated rings. The zero-order valence-corrected chi connectivity index (χ0v) is 14.7. The molecule has 2 N–H and O–H groups in total. The van der Waals surface area contributed by atoms with E-state index in [4.69, 9.17) is 4.74 Å². The summed E-state index contributed by atoms with van der Waals surface area (Å²) < 4.78 is 7.73. The Hall–Kier alpha value is -2.34. The van der Waals surface area contributed by atoms with Gasteiger partial charge in [-0.3, -0.25) is 4.79 Å². The number of carbonyl (C=O) groups is 1. The number of imidazole rings is 1. The molecule has 1 aliphatic carbocycles. The third kappa shape index (κ3) is 4.39. The number of hydrogen-bond acceptors (Lipinski definition) is 4. The van der Waals surface area contributed by atoms with Crippen LogP contribution in [0.3, 0.4) is 0 Å². The second-order valence-electron chi connectivity index (χ2n) is 6.79. The van der Waals surface area contributed by atoms with Crippen LogP contribution >= 0.6 is 0 Å². The van der Waals surface area contributed by atoms with E-state index in [2.05, 4.69) is 10.3 Å². The molecule has 0 radical (unpaired) electrons. The molecule has 25 heavy (non-hydrogen) atoms. The minimum absolute atomic E-state index is 0.0174. The van der Waals surface area contributed by atoms with Crippen LogP contribution in [0, 0.1) is 12.8 Å². The number of ether oxygens (including phenoxy) is 1. The maximum Gasteiger partial charge on any atom is 0.271 e. The summed E-state index contributed by atoms with van der Waals surface area (Å²) in [5, 5.41) is 13.5. The predicted molar refractivity (Wildman–Crippen MR) is 94.5 cm³/mol. The third-order valence-electron chi connectivity index (χ3n) is 4.67. The molecule has 0 aliphatic heterocycles. The van der Waals surface area contributed by atoms with Gasteiger partial charge in [0.1, 0.15) is 17.5 Å². The number of aliphatic hydroxyl groups is 1. The van der Waals surface area contributed by atoms with E-state index in [1.54, 1.807) is 17.1 Å². The normalized spacial score (nSPS) is 23.2. The lowest BCUT2D eigenvalue weighted by atomic mass is 9.84.